The van der Waals surface area contributed by atoms with Gasteiger partial charge in [0.25, 0.3) is 0 Å². The number of carbonyl (C=O) groups excluding carboxylic acids is 1. The summed E-state index contributed by atoms with van der Waals surface area (Å²) in [7, 11) is 1.34. The van der Waals surface area contributed by atoms with Crippen molar-refractivity contribution in [1.82, 2.24) is 5.43 Å². The Bertz CT molecular complexity index is 878. The van der Waals surface area contributed by atoms with Crippen LogP contribution in [0, 0.1) is 0 Å². The van der Waals surface area contributed by atoms with E-state index in [1.807, 2.05) is 48.5 Å². The van der Waals surface area contributed by atoms with Crippen LogP contribution >= 0.6 is 0 Å². The van der Waals surface area contributed by atoms with Crippen molar-refractivity contribution in [3.05, 3.63) is 77.9 Å². The quantitative estimate of drug-likeness (QED) is 0.345. The van der Waals surface area contributed by atoms with Crippen LogP contribution in [-0.2, 0) is 16.1 Å². The van der Waals surface area contributed by atoms with Crippen molar-refractivity contribution in [2.24, 2.45) is 0 Å². The topological polar surface area (TPSA) is 79.8 Å². The van der Waals surface area contributed by atoms with Gasteiger partial charge in [0.1, 0.15) is 0 Å². The van der Waals surface area contributed by atoms with Crippen LogP contribution in [-0.4, -0.2) is 24.6 Å². The number of methoxy groups -OCH3 is 1. The first-order valence-corrected chi connectivity index (χ1v) is 8.14. The van der Waals surface area contributed by atoms with Crippen LogP contribution < -0.4 is 10.9 Å². The zero-order valence-electron chi connectivity index (χ0n) is 14.3. The van der Waals surface area contributed by atoms with E-state index in [9.17, 15) is 9.90 Å². The Kier molecular flexibility index (Phi) is 5.80. The van der Waals surface area contributed by atoms with E-state index in [1.165, 1.54) is 7.11 Å². The fraction of sp³-hybridized carbons (Fsp3) is 0.150. The van der Waals surface area contributed by atoms with Gasteiger partial charge in [-0.05, 0) is 23.1 Å². The molecule has 6 heteroatoms. The Labute approximate surface area is 151 Å². The summed E-state index contributed by atoms with van der Waals surface area (Å²) in [4.78, 5) is 12.0. The number of aliphatic hydroxyl groups excluding tert-OH is 1. The molecule has 0 aliphatic rings. The number of aliphatic hydroxyl groups is 1. The molecule has 0 spiro atoms. The number of ether oxygens (including phenoxy) is 2. The number of hydrazine groups is 1. The molecule has 0 amide bonds. The van der Waals surface area contributed by atoms with Gasteiger partial charge in [0.15, 0.2) is 0 Å². The fourth-order valence-corrected chi connectivity index (χ4v) is 2.66. The number of benzene rings is 3. The second-order valence-electron chi connectivity index (χ2n) is 5.62. The van der Waals surface area contributed by atoms with Gasteiger partial charge in [0.05, 0.1) is 25.0 Å². The molecule has 134 valence electrons. The molecular weight excluding hydrogens is 332 g/mol. The monoisotopic (exact) mass is 352 g/mol. The van der Waals surface area contributed by atoms with Gasteiger partial charge in [-0.3, -0.25) is 0 Å². The fourth-order valence-electron chi connectivity index (χ4n) is 2.66. The van der Waals surface area contributed by atoms with Crippen molar-refractivity contribution in [3.63, 3.8) is 0 Å². The average Bonchev–Trinajstić information content (AvgIpc) is 2.70. The molecule has 0 saturated heterocycles. The van der Waals surface area contributed by atoms with Crippen LogP contribution in [0.4, 0.5) is 5.69 Å². The third-order valence-electron chi connectivity index (χ3n) is 3.89. The summed E-state index contributed by atoms with van der Waals surface area (Å²) in [6.45, 7) is 0.264. The van der Waals surface area contributed by atoms with Crippen LogP contribution in [0.5, 0.6) is 0 Å². The van der Waals surface area contributed by atoms with Gasteiger partial charge in [0.2, 0.25) is 6.41 Å². The maximum absolute atomic E-state index is 12.0. The van der Waals surface area contributed by atoms with Gasteiger partial charge in [-0.15, -0.1) is 0 Å². The molecular formula is C20H20N2O4. The molecule has 0 saturated carbocycles. The van der Waals surface area contributed by atoms with Crippen LogP contribution in [0.15, 0.2) is 66.7 Å². The van der Waals surface area contributed by atoms with Gasteiger partial charge < -0.3 is 20.0 Å². The Hall–Kier alpha value is -2.93. The Morgan fingerprint density at radius 3 is 2.50 bits per heavy atom. The minimum Gasteiger partial charge on any atom is -0.465 e. The summed E-state index contributed by atoms with van der Waals surface area (Å²) >= 11 is 0. The van der Waals surface area contributed by atoms with Gasteiger partial charge >= 0.3 is 5.97 Å². The number of hydrogen-bond donors (Lipinski definition) is 3. The first kappa shape index (κ1) is 17.9. The lowest BCUT2D eigenvalue weighted by atomic mass is 10.0. The zero-order chi connectivity index (χ0) is 18.4. The summed E-state index contributed by atoms with van der Waals surface area (Å²) < 4.78 is 10.2. The minimum absolute atomic E-state index is 0.264. The van der Waals surface area contributed by atoms with Crippen molar-refractivity contribution in [2.75, 3.05) is 12.5 Å². The van der Waals surface area contributed by atoms with E-state index >= 15 is 0 Å². The summed E-state index contributed by atoms with van der Waals surface area (Å²) in [5, 5.41) is 11.6. The Morgan fingerprint density at radius 1 is 1.04 bits per heavy atom. The van der Waals surface area contributed by atoms with Crippen LogP contribution in [0.1, 0.15) is 15.9 Å². The normalized spacial score (nSPS) is 11.9. The van der Waals surface area contributed by atoms with E-state index in [4.69, 9.17) is 9.47 Å². The lowest BCUT2D eigenvalue weighted by Crippen LogP contribution is -2.36. The van der Waals surface area contributed by atoms with Crippen LogP contribution in [0.25, 0.3) is 10.8 Å². The second kappa shape index (κ2) is 8.44. The maximum Gasteiger partial charge on any atom is 0.338 e. The lowest BCUT2D eigenvalue weighted by molar-refractivity contribution is -0.124. The molecule has 3 rings (SSSR count). The summed E-state index contributed by atoms with van der Waals surface area (Å²) in [5.41, 5.74) is 7.61. The minimum atomic E-state index is -1.23. The number of hydrogen-bond acceptors (Lipinski definition) is 6. The van der Waals surface area contributed by atoms with Crippen LogP contribution in [0.2, 0.25) is 0 Å². The SMILES string of the molecule is COC(=O)c1cccc2cccc(NNC(O)OCc3ccccc3)c12. The Balaban J connectivity index is 1.71. The molecule has 0 aliphatic heterocycles. The number of anilines is 1. The van der Waals surface area contributed by atoms with Crippen molar-refractivity contribution in [2.45, 2.75) is 13.0 Å². The molecule has 0 fully saturated rings. The highest BCUT2D eigenvalue weighted by molar-refractivity contribution is 6.09. The number of carbonyl (C=O) groups is 1. The van der Waals surface area contributed by atoms with Crippen molar-refractivity contribution < 1.29 is 19.4 Å². The van der Waals surface area contributed by atoms with E-state index < -0.39 is 12.4 Å². The molecule has 1 unspecified atom stereocenters. The predicted octanol–water partition coefficient (Wildman–Crippen LogP) is 3.04. The molecule has 1 atom stereocenters. The molecule has 3 N–H and O–H groups in total. The third kappa shape index (κ3) is 4.18. The van der Waals surface area contributed by atoms with Crippen molar-refractivity contribution >= 4 is 22.4 Å². The van der Waals surface area contributed by atoms with E-state index in [2.05, 4.69) is 10.9 Å². The number of nitrogens with one attached hydrogen (secondary N) is 2. The lowest BCUT2D eigenvalue weighted by Gasteiger charge is -2.17. The molecule has 0 radical (unpaired) electrons. The molecule has 0 heterocycles. The summed E-state index contributed by atoms with van der Waals surface area (Å²) in [6, 6.07) is 20.5. The highest BCUT2D eigenvalue weighted by atomic mass is 16.6. The summed E-state index contributed by atoms with van der Waals surface area (Å²) in [5.74, 6) is -0.425. The second-order valence-corrected chi connectivity index (χ2v) is 5.62. The summed E-state index contributed by atoms with van der Waals surface area (Å²) in [6.07, 6.45) is -1.23. The van der Waals surface area contributed by atoms with Gasteiger partial charge in [-0.25, -0.2) is 4.79 Å². The molecule has 0 aliphatic carbocycles. The zero-order valence-corrected chi connectivity index (χ0v) is 14.3. The van der Waals surface area contributed by atoms with E-state index in [-0.39, 0.29) is 6.61 Å². The maximum atomic E-state index is 12.0. The van der Waals surface area contributed by atoms with Gasteiger partial charge in [0, 0.05) is 5.39 Å². The molecule has 26 heavy (non-hydrogen) atoms. The van der Waals surface area contributed by atoms with E-state index in [1.54, 1.807) is 18.2 Å². The predicted molar refractivity (Wildman–Crippen MR) is 99.3 cm³/mol. The van der Waals surface area contributed by atoms with Gasteiger partial charge in [-0.1, -0.05) is 54.6 Å². The molecule has 0 bridgehead atoms. The smallest absolute Gasteiger partial charge is 0.338 e. The number of rotatable bonds is 7. The van der Waals surface area contributed by atoms with Crippen molar-refractivity contribution in [3.8, 4) is 0 Å². The first-order chi connectivity index (χ1) is 12.7. The highest BCUT2D eigenvalue weighted by Crippen LogP contribution is 2.27. The first-order valence-electron chi connectivity index (χ1n) is 8.14. The molecule has 0 aromatic heterocycles. The Morgan fingerprint density at radius 2 is 1.77 bits per heavy atom. The molecule has 3 aromatic rings. The molecule has 6 nitrogen and oxygen atoms in total. The highest BCUT2D eigenvalue weighted by Gasteiger charge is 2.14. The number of fused-ring (bicyclic) bond motifs is 1. The van der Waals surface area contributed by atoms with E-state index in [0.29, 0.717) is 16.6 Å². The van der Waals surface area contributed by atoms with E-state index in [0.717, 1.165) is 10.9 Å². The van der Waals surface area contributed by atoms with Crippen LogP contribution in [0.3, 0.4) is 0 Å². The standard InChI is InChI=1S/C20H20N2O4/c1-25-19(23)16-11-5-9-15-10-6-12-17(18(15)16)21-22-20(24)26-13-14-7-3-2-4-8-14/h2-12,20-22,24H,13H2,1H3. The average molecular weight is 352 g/mol. The molecule has 3 aromatic carbocycles. The third-order valence-corrected chi connectivity index (χ3v) is 3.89. The largest absolute Gasteiger partial charge is 0.465 e. The van der Waals surface area contributed by atoms with Gasteiger partial charge in [-0.2, -0.15) is 5.43 Å². The number of esters is 1. The van der Waals surface area contributed by atoms with Crippen molar-refractivity contribution in [1.29, 1.82) is 0 Å².